The topological polar surface area (TPSA) is 106 Å². The third kappa shape index (κ3) is 3.91. The zero-order valence-electron chi connectivity index (χ0n) is 16.4. The molecule has 1 saturated heterocycles. The van der Waals surface area contributed by atoms with E-state index in [1.807, 2.05) is 0 Å². The number of amides is 1. The molecule has 2 aliphatic rings. The summed E-state index contributed by atoms with van der Waals surface area (Å²) in [4.78, 5) is 19.1. The summed E-state index contributed by atoms with van der Waals surface area (Å²) < 4.78 is 27.3. The number of nitrogens with zero attached hydrogens (tertiary/aromatic N) is 4. The van der Waals surface area contributed by atoms with Crippen LogP contribution in [0, 0.1) is 11.3 Å². The molecule has 1 aromatic heterocycles. The van der Waals surface area contributed by atoms with Crippen molar-refractivity contribution in [1.82, 2.24) is 14.2 Å². The van der Waals surface area contributed by atoms with E-state index in [-0.39, 0.29) is 23.2 Å². The number of benzene rings is 1. The fourth-order valence-corrected chi connectivity index (χ4v) is 5.14. The zero-order chi connectivity index (χ0) is 20.6. The molecule has 1 aromatic carbocycles. The summed E-state index contributed by atoms with van der Waals surface area (Å²) in [5.41, 5.74) is 2.22. The first kappa shape index (κ1) is 22.2. The molecule has 1 atom stereocenters. The monoisotopic (exact) mass is 447 g/mol. The number of nitrogens with one attached hydrogen (secondary N) is 1. The molecular formula is C20H22ClN5O3S. The first-order valence-corrected chi connectivity index (χ1v) is 10.9. The number of pyridine rings is 1. The quantitative estimate of drug-likeness (QED) is 0.765. The van der Waals surface area contributed by atoms with E-state index in [2.05, 4.69) is 28.2 Å². The average Bonchev–Trinajstić information content (AvgIpc) is 3.08. The van der Waals surface area contributed by atoms with Crippen molar-refractivity contribution in [2.75, 3.05) is 38.0 Å². The maximum absolute atomic E-state index is 12.9. The lowest BCUT2D eigenvalue weighted by molar-refractivity contribution is -0.116. The first-order chi connectivity index (χ1) is 13.9. The van der Waals surface area contributed by atoms with E-state index in [9.17, 15) is 13.2 Å². The molecule has 0 bridgehead atoms. The number of fused-ring (bicyclic) bond motifs is 1. The average molecular weight is 448 g/mol. The number of piperazine rings is 1. The molecule has 0 spiro atoms. The van der Waals surface area contributed by atoms with Gasteiger partial charge in [0.1, 0.15) is 10.8 Å². The SMILES string of the molecule is CCN1CCN(S(=O)(=O)c2ccc(C3C(=O)Nc4ccc(C#N)cc43)nc2)CC1.Cl. The van der Waals surface area contributed by atoms with E-state index in [0.29, 0.717) is 48.7 Å². The standard InChI is InChI=1S/C20H21N5O3S.ClH/c1-2-24-7-9-25(10-8-24)29(27,28)15-4-6-18(22-13-15)19-16-11-14(12-21)3-5-17(16)23-20(19)26;/h3-6,11,13,19H,2,7-10H2,1H3,(H,23,26);1H. The smallest absolute Gasteiger partial charge is 0.244 e. The van der Waals surface area contributed by atoms with E-state index >= 15 is 0 Å². The normalized spacial score (nSPS) is 19.5. The Balaban J connectivity index is 0.00000256. The van der Waals surface area contributed by atoms with Crippen LogP contribution in [-0.4, -0.2) is 61.2 Å². The number of sulfonamides is 1. The van der Waals surface area contributed by atoms with Crippen LogP contribution in [0.3, 0.4) is 0 Å². The molecule has 3 heterocycles. The summed E-state index contributed by atoms with van der Waals surface area (Å²) in [6.07, 6.45) is 1.32. The van der Waals surface area contributed by atoms with Crippen molar-refractivity contribution in [2.24, 2.45) is 0 Å². The van der Waals surface area contributed by atoms with Crippen LogP contribution >= 0.6 is 12.4 Å². The van der Waals surface area contributed by atoms with Gasteiger partial charge in [0.2, 0.25) is 15.9 Å². The minimum Gasteiger partial charge on any atom is -0.325 e. The number of anilines is 1. The highest BCUT2D eigenvalue weighted by atomic mass is 35.5. The molecular weight excluding hydrogens is 426 g/mol. The Morgan fingerprint density at radius 3 is 2.53 bits per heavy atom. The Morgan fingerprint density at radius 2 is 1.93 bits per heavy atom. The number of likely N-dealkylation sites (N-methyl/N-ethyl adjacent to an activating group) is 1. The minimum atomic E-state index is -3.62. The molecule has 30 heavy (non-hydrogen) atoms. The molecule has 0 radical (unpaired) electrons. The van der Waals surface area contributed by atoms with E-state index in [1.165, 1.54) is 16.6 Å². The maximum atomic E-state index is 12.9. The van der Waals surface area contributed by atoms with Gasteiger partial charge in [-0.1, -0.05) is 6.92 Å². The van der Waals surface area contributed by atoms with Crippen molar-refractivity contribution in [3.63, 3.8) is 0 Å². The van der Waals surface area contributed by atoms with Gasteiger partial charge in [0.05, 0.1) is 17.3 Å². The van der Waals surface area contributed by atoms with Crippen LogP contribution in [0.5, 0.6) is 0 Å². The number of hydrogen-bond acceptors (Lipinski definition) is 6. The number of halogens is 1. The molecule has 1 amide bonds. The third-order valence-electron chi connectivity index (χ3n) is 5.48. The van der Waals surface area contributed by atoms with Crippen LogP contribution < -0.4 is 5.32 Å². The predicted molar refractivity (Wildman–Crippen MR) is 114 cm³/mol. The lowest BCUT2D eigenvalue weighted by atomic mass is 9.95. The van der Waals surface area contributed by atoms with E-state index in [1.54, 1.807) is 24.3 Å². The van der Waals surface area contributed by atoms with Crippen LogP contribution in [0.15, 0.2) is 41.4 Å². The van der Waals surface area contributed by atoms with E-state index in [0.717, 1.165) is 6.54 Å². The largest absolute Gasteiger partial charge is 0.325 e. The number of carbonyl (C=O) groups is 1. The molecule has 1 fully saturated rings. The minimum absolute atomic E-state index is 0. The summed E-state index contributed by atoms with van der Waals surface area (Å²) in [6.45, 7) is 5.29. The lowest BCUT2D eigenvalue weighted by Gasteiger charge is -2.33. The number of carbonyl (C=O) groups excluding carboxylic acids is 1. The first-order valence-electron chi connectivity index (χ1n) is 9.47. The van der Waals surface area contributed by atoms with Gasteiger partial charge in [0, 0.05) is 38.1 Å². The number of hydrogen-bond donors (Lipinski definition) is 1. The fraction of sp³-hybridized carbons (Fsp3) is 0.350. The summed E-state index contributed by atoms with van der Waals surface area (Å²) in [7, 11) is -3.62. The summed E-state index contributed by atoms with van der Waals surface area (Å²) in [5, 5.41) is 11.9. The molecule has 2 aromatic rings. The highest BCUT2D eigenvalue weighted by molar-refractivity contribution is 7.89. The third-order valence-corrected chi connectivity index (χ3v) is 7.37. The number of nitriles is 1. The van der Waals surface area contributed by atoms with Crippen LogP contribution in [-0.2, 0) is 14.8 Å². The molecule has 0 saturated carbocycles. The second kappa shape index (κ2) is 8.70. The van der Waals surface area contributed by atoms with Crippen molar-refractivity contribution in [2.45, 2.75) is 17.7 Å². The van der Waals surface area contributed by atoms with Gasteiger partial charge in [0.25, 0.3) is 0 Å². The molecule has 1 unspecified atom stereocenters. The van der Waals surface area contributed by atoms with Gasteiger partial charge in [-0.25, -0.2) is 8.42 Å². The molecule has 1 N–H and O–H groups in total. The van der Waals surface area contributed by atoms with Crippen LogP contribution in [0.2, 0.25) is 0 Å². The molecule has 0 aliphatic carbocycles. The molecule has 2 aliphatic heterocycles. The van der Waals surface area contributed by atoms with Gasteiger partial charge in [-0.3, -0.25) is 9.78 Å². The van der Waals surface area contributed by atoms with Crippen molar-refractivity contribution < 1.29 is 13.2 Å². The highest BCUT2D eigenvalue weighted by Crippen LogP contribution is 2.37. The Hall–Kier alpha value is -2.51. The van der Waals surface area contributed by atoms with E-state index in [4.69, 9.17) is 5.26 Å². The number of aromatic nitrogens is 1. The Labute approximate surface area is 182 Å². The summed E-state index contributed by atoms with van der Waals surface area (Å²) >= 11 is 0. The molecule has 4 rings (SSSR count). The summed E-state index contributed by atoms with van der Waals surface area (Å²) in [6, 6.07) is 10.1. The van der Waals surface area contributed by atoms with Crippen LogP contribution in [0.4, 0.5) is 5.69 Å². The van der Waals surface area contributed by atoms with Crippen molar-refractivity contribution in [1.29, 1.82) is 5.26 Å². The van der Waals surface area contributed by atoms with Crippen molar-refractivity contribution in [3.8, 4) is 6.07 Å². The lowest BCUT2D eigenvalue weighted by Crippen LogP contribution is -2.48. The van der Waals surface area contributed by atoms with Gasteiger partial charge < -0.3 is 10.2 Å². The molecule has 10 heteroatoms. The van der Waals surface area contributed by atoms with Gasteiger partial charge in [-0.15, -0.1) is 12.4 Å². The Bertz CT molecular complexity index is 1090. The summed E-state index contributed by atoms with van der Waals surface area (Å²) in [5.74, 6) is -0.906. The van der Waals surface area contributed by atoms with Crippen molar-refractivity contribution in [3.05, 3.63) is 53.3 Å². The van der Waals surface area contributed by atoms with E-state index < -0.39 is 15.9 Å². The van der Waals surface area contributed by atoms with Gasteiger partial charge in [-0.2, -0.15) is 9.57 Å². The van der Waals surface area contributed by atoms with Gasteiger partial charge >= 0.3 is 0 Å². The highest BCUT2D eigenvalue weighted by Gasteiger charge is 2.34. The van der Waals surface area contributed by atoms with Gasteiger partial charge in [-0.05, 0) is 42.4 Å². The zero-order valence-corrected chi connectivity index (χ0v) is 18.0. The van der Waals surface area contributed by atoms with Crippen LogP contribution in [0.1, 0.15) is 29.7 Å². The van der Waals surface area contributed by atoms with Gasteiger partial charge in [0.15, 0.2) is 0 Å². The maximum Gasteiger partial charge on any atom is 0.244 e. The molecule has 158 valence electrons. The Morgan fingerprint density at radius 1 is 1.20 bits per heavy atom. The van der Waals surface area contributed by atoms with Crippen LogP contribution in [0.25, 0.3) is 0 Å². The molecule has 8 nitrogen and oxygen atoms in total. The second-order valence-electron chi connectivity index (χ2n) is 7.09. The Kier molecular flexibility index (Phi) is 6.43. The predicted octanol–water partition coefficient (Wildman–Crippen LogP) is 1.79. The van der Waals surface area contributed by atoms with Crippen molar-refractivity contribution >= 4 is 34.0 Å². The second-order valence-corrected chi connectivity index (χ2v) is 9.03. The number of rotatable bonds is 4. The fourth-order valence-electron chi connectivity index (χ4n) is 3.77.